The van der Waals surface area contributed by atoms with Crippen LogP contribution in [0.5, 0.6) is 5.75 Å². The molecule has 0 aliphatic carbocycles. The van der Waals surface area contributed by atoms with E-state index in [9.17, 15) is 9.59 Å². The molecule has 1 N–H and O–H groups in total. The third-order valence-electron chi connectivity index (χ3n) is 5.05. The highest BCUT2D eigenvalue weighted by Gasteiger charge is 2.23. The van der Waals surface area contributed by atoms with Crippen molar-refractivity contribution in [2.24, 2.45) is 0 Å². The summed E-state index contributed by atoms with van der Waals surface area (Å²) in [6.45, 7) is 5.76. The van der Waals surface area contributed by atoms with Crippen LogP contribution in [0, 0.1) is 6.92 Å². The number of carbonyl (C=O) groups is 2. The standard InChI is InChI=1S/C24H26N2O4/c1-5-20-15(2)22(19-8-6-7-9-21(19)26-20)24(28)30-16(3)23(27)25-14-17-10-12-18(29-4)13-11-17/h6-13,16H,5,14H2,1-4H3,(H,25,27)/t16-/m1/s1. The molecule has 0 unspecified atom stereocenters. The molecule has 156 valence electrons. The first-order valence-corrected chi connectivity index (χ1v) is 9.94. The van der Waals surface area contributed by atoms with Crippen LogP contribution in [0.2, 0.25) is 0 Å². The van der Waals surface area contributed by atoms with Gasteiger partial charge in [0.05, 0.1) is 18.2 Å². The van der Waals surface area contributed by atoms with Gasteiger partial charge in [0.1, 0.15) is 5.75 Å². The molecule has 30 heavy (non-hydrogen) atoms. The fourth-order valence-electron chi connectivity index (χ4n) is 3.31. The van der Waals surface area contributed by atoms with E-state index in [0.717, 1.165) is 33.5 Å². The highest BCUT2D eigenvalue weighted by molar-refractivity contribution is 6.05. The van der Waals surface area contributed by atoms with Crippen molar-refractivity contribution >= 4 is 22.8 Å². The molecule has 0 bridgehead atoms. The second-order valence-corrected chi connectivity index (χ2v) is 7.04. The van der Waals surface area contributed by atoms with Gasteiger partial charge in [-0.15, -0.1) is 0 Å². The molecule has 2 aromatic carbocycles. The van der Waals surface area contributed by atoms with Gasteiger partial charge in [-0.1, -0.05) is 37.3 Å². The number of fused-ring (bicyclic) bond motifs is 1. The maximum atomic E-state index is 13.0. The van der Waals surface area contributed by atoms with Crippen LogP contribution < -0.4 is 10.1 Å². The number of ether oxygens (including phenoxy) is 2. The predicted molar refractivity (Wildman–Crippen MR) is 116 cm³/mol. The number of nitrogens with one attached hydrogen (secondary N) is 1. The summed E-state index contributed by atoms with van der Waals surface area (Å²) in [4.78, 5) is 30.0. The largest absolute Gasteiger partial charge is 0.497 e. The highest BCUT2D eigenvalue weighted by atomic mass is 16.5. The molecule has 1 atom stereocenters. The van der Waals surface area contributed by atoms with Crippen LogP contribution in [-0.4, -0.2) is 30.1 Å². The lowest BCUT2D eigenvalue weighted by Crippen LogP contribution is -2.35. The molecule has 0 fully saturated rings. The number of rotatable bonds is 7. The van der Waals surface area contributed by atoms with Gasteiger partial charge < -0.3 is 14.8 Å². The van der Waals surface area contributed by atoms with E-state index in [2.05, 4.69) is 10.3 Å². The molecule has 6 nitrogen and oxygen atoms in total. The SMILES string of the molecule is CCc1nc2ccccc2c(C(=O)O[C@H](C)C(=O)NCc2ccc(OC)cc2)c1C. The van der Waals surface area contributed by atoms with Gasteiger partial charge in [0, 0.05) is 17.6 Å². The number of aryl methyl sites for hydroxylation is 1. The van der Waals surface area contributed by atoms with E-state index in [-0.39, 0.29) is 5.91 Å². The fraction of sp³-hybridized carbons (Fsp3) is 0.292. The molecular weight excluding hydrogens is 380 g/mol. The van der Waals surface area contributed by atoms with Crippen LogP contribution in [0.3, 0.4) is 0 Å². The zero-order valence-electron chi connectivity index (χ0n) is 17.7. The second-order valence-electron chi connectivity index (χ2n) is 7.04. The minimum Gasteiger partial charge on any atom is -0.497 e. The number of amides is 1. The molecule has 0 aliphatic heterocycles. The van der Waals surface area contributed by atoms with Crippen LogP contribution in [0.25, 0.3) is 10.9 Å². The summed E-state index contributed by atoms with van der Waals surface area (Å²) < 4.78 is 10.6. The van der Waals surface area contributed by atoms with E-state index in [0.29, 0.717) is 18.5 Å². The van der Waals surface area contributed by atoms with Gasteiger partial charge in [0.25, 0.3) is 5.91 Å². The monoisotopic (exact) mass is 406 g/mol. The highest BCUT2D eigenvalue weighted by Crippen LogP contribution is 2.24. The van der Waals surface area contributed by atoms with Crippen LogP contribution >= 0.6 is 0 Å². The third-order valence-corrected chi connectivity index (χ3v) is 5.05. The summed E-state index contributed by atoms with van der Waals surface area (Å²) >= 11 is 0. The first-order chi connectivity index (χ1) is 14.4. The smallest absolute Gasteiger partial charge is 0.339 e. The Labute approximate surface area is 176 Å². The van der Waals surface area contributed by atoms with E-state index in [1.54, 1.807) is 14.0 Å². The zero-order chi connectivity index (χ0) is 21.7. The molecule has 1 aromatic heterocycles. The Balaban J connectivity index is 1.72. The zero-order valence-corrected chi connectivity index (χ0v) is 17.7. The molecule has 1 heterocycles. The Hall–Kier alpha value is -3.41. The van der Waals surface area contributed by atoms with E-state index < -0.39 is 12.1 Å². The number of methoxy groups -OCH3 is 1. The average Bonchev–Trinajstić information content (AvgIpc) is 2.77. The van der Waals surface area contributed by atoms with Gasteiger partial charge in [0.2, 0.25) is 0 Å². The van der Waals surface area contributed by atoms with Crippen molar-refractivity contribution in [1.29, 1.82) is 0 Å². The number of nitrogens with zero attached hydrogens (tertiary/aromatic N) is 1. The molecule has 3 aromatic rings. The minimum atomic E-state index is -0.924. The number of aromatic nitrogens is 1. The fourth-order valence-corrected chi connectivity index (χ4v) is 3.31. The third kappa shape index (κ3) is 4.59. The molecule has 0 spiro atoms. The lowest BCUT2D eigenvalue weighted by molar-refractivity contribution is -0.129. The van der Waals surface area contributed by atoms with Crippen LogP contribution in [0.1, 0.15) is 41.0 Å². The van der Waals surface area contributed by atoms with Gasteiger partial charge in [-0.3, -0.25) is 9.78 Å². The predicted octanol–water partition coefficient (Wildman–Crippen LogP) is 3.98. The number of hydrogen-bond acceptors (Lipinski definition) is 5. The van der Waals surface area contributed by atoms with Crippen molar-refractivity contribution in [2.45, 2.75) is 39.8 Å². The number of pyridine rings is 1. The maximum Gasteiger partial charge on any atom is 0.339 e. The first kappa shape index (κ1) is 21.3. The van der Waals surface area contributed by atoms with E-state index in [1.807, 2.05) is 62.4 Å². The Morgan fingerprint density at radius 2 is 1.80 bits per heavy atom. The van der Waals surface area contributed by atoms with E-state index in [4.69, 9.17) is 9.47 Å². The van der Waals surface area contributed by atoms with Crippen molar-refractivity contribution in [1.82, 2.24) is 10.3 Å². The lowest BCUT2D eigenvalue weighted by Gasteiger charge is -2.17. The molecule has 0 saturated heterocycles. The molecule has 0 saturated carbocycles. The average molecular weight is 406 g/mol. The Bertz CT molecular complexity index is 1060. The van der Waals surface area contributed by atoms with Crippen molar-refractivity contribution in [3.8, 4) is 5.75 Å². The van der Waals surface area contributed by atoms with Gasteiger partial charge in [0.15, 0.2) is 6.10 Å². The van der Waals surface area contributed by atoms with Crippen molar-refractivity contribution in [3.63, 3.8) is 0 Å². The summed E-state index contributed by atoms with van der Waals surface area (Å²) in [5, 5.41) is 3.52. The lowest BCUT2D eigenvalue weighted by atomic mass is 10.0. The second kappa shape index (κ2) is 9.39. The Morgan fingerprint density at radius 3 is 2.47 bits per heavy atom. The summed E-state index contributed by atoms with van der Waals surface area (Å²) in [6, 6.07) is 14.9. The molecule has 6 heteroatoms. The van der Waals surface area contributed by atoms with E-state index >= 15 is 0 Å². The molecule has 3 rings (SSSR count). The number of benzene rings is 2. The summed E-state index contributed by atoms with van der Waals surface area (Å²) in [5.74, 6) is -0.127. The van der Waals surface area contributed by atoms with Gasteiger partial charge in [-0.2, -0.15) is 0 Å². The number of hydrogen-bond donors (Lipinski definition) is 1. The molecule has 0 aliphatic rings. The maximum absolute atomic E-state index is 13.0. The van der Waals surface area contributed by atoms with Crippen molar-refractivity contribution in [3.05, 3.63) is 70.9 Å². The quantitative estimate of drug-likeness (QED) is 0.601. The van der Waals surface area contributed by atoms with Crippen LogP contribution in [0.15, 0.2) is 48.5 Å². The minimum absolute atomic E-state index is 0.335. The Kier molecular flexibility index (Phi) is 6.67. The normalized spacial score (nSPS) is 11.7. The van der Waals surface area contributed by atoms with Gasteiger partial charge in [-0.05, 0) is 49.6 Å². The van der Waals surface area contributed by atoms with Crippen molar-refractivity contribution < 1.29 is 19.1 Å². The number of para-hydroxylation sites is 1. The number of esters is 1. The Morgan fingerprint density at radius 1 is 1.10 bits per heavy atom. The molecular formula is C24H26N2O4. The van der Waals surface area contributed by atoms with E-state index in [1.165, 1.54) is 0 Å². The summed E-state index contributed by atoms with van der Waals surface area (Å²) in [5.41, 5.74) is 3.76. The number of carbonyl (C=O) groups excluding carboxylic acids is 2. The summed E-state index contributed by atoms with van der Waals surface area (Å²) in [6.07, 6.45) is -0.221. The molecule has 0 radical (unpaired) electrons. The van der Waals surface area contributed by atoms with Crippen LogP contribution in [-0.2, 0) is 22.5 Å². The summed E-state index contributed by atoms with van der Waals surface area (Å²) in [7, 11) is 1.60. The van der Waals surface area contributed by atoms with Crippen LogP contribution in [0.4, 0.5) is 0 Å². The van der Waals surface area contributed by atoms with Gasteiger partial charge in [-0.25, -0.2) is 4.79 Å². The van der Waals surface area contributed by atoms with Gasteiger partial charge >= 0.3 is 5.97 Å². The molecule has 1 amide bonds. The first-order valence-electron chi connectivity index (χ1n) is 9.94. The van der Waals surface area contributed by atoms with Crippen molar-refractivity contribution in [2.75, 3.05) is 7.11 Å². The topological polar surface area (TPSA) is 77.5 Å².